The second-order valence-electron chi connectivity index (χ2n) is 7.32. The number of piperidine rings is 1. The molecule has 0 radical (unpaired) electrons. The molecule has 1 saturated heterocycles. The summed E-state index contributed by atoms with van der Waals surface area (Å²) in [6, 6.07) is 15.5. The van der Waals surface area contributed by atoms with E-state index in [1.165, 1.54) is 6.20 Å². The van der Waals surface area contributed by atoms with Crippen molar-refractivity contribution in [2.45, 2.75) is 12.8 Å². The maximum atomic E-state index is 12.9. The first-order valence-electron chi connectivity index (χ1n) is 9.98. The van der Waals surface area contributed by atoms with E-state index in [0.29, 0.717) is 31.5 Å². The number of rotatable bonds is 5. The summed E-state index contributed by atoms with van der Waals surface area (Å²) in [7, 11) is 1.64. The molecule has 0 atom stereocenters. The maximum absolute atomic E-state index is 12.9. The zero-order valence-corrected chi connectivity index (χ0v) is 16.8. The van der Waals surface area contributed by atoms with Gasteiger partial charge in [0.15, 0.2) is 0 Å². The number of hydrogen-bond donors (Lipinski definition) is 2. The van der Waals surface area contributed by atoms with E-state index in [-0.39, 0.29) is 17.7 Å². The fourth-order valence-electron chi connectivity index (χ4n) is 3.76. The second-order valence-corrected chi connectivity index (χ2v) is 7.32. The van der Waals surface area contributed by atoms with Crippen LogP contribution in [-0.2, 0) is 4.79 Å². The average Bonchev–Trinajstić information content (AvgIpc) is 3.34. The molecule has 2 N–H and O–H groups in total. The first-order valence-corrected chi connectivity index (χ1v) is 9.98. The van der Waals surface area contributed by atoms with E-state index in [9.17, 15) is 9.59 Å². The Labute approximate surface area is 175 Å². The second kappa shape index (κ2) is 8.82. The van der Waals surface area contributed by atoms with Gasteiger partial charge in [-0.2, -0.15) is 5.10 Å². The summed E-state index contributed by atoms with van der Waals surface area (Å²) in [6.45, 7) is 1.11. The van der Waals surface area contributed by atoms with Gasteiger partial charge in [0.2, 0.25) is 5.91 Å². The van der Waals surface area contributed by atoms with Crippen LogP contribution >= 0.6 is 0 Å². The van der Waals surface area contributed by atoms with Gasteiger partial charge in [-0.3, -0.25) is 14.7 Å². The van der Waals surface area contributed by atoms with Crippen molar-refractivity contribution >= 4 is 17.5 Å². The fraction of sp³-hybridized carbons (Fsp3) is 0.261. The number of carbonyl (C=O) groups excluding carboxylic acids is 2. The Hall–Kier alpha value is -3.61. The van der Waals surface area contributed by atoms with Crippen LogP contribution in [0.4, 0.5) is 5.69 Å². The molecule has 0 bridgehead atoms. The summed E-state index contributed by atoms with van der Waals surface area (Å²) in [5.41, 5.74) is 3.24. The van der Waals surface area contributed by atoms with Gasteiger partial charge >= 0.3 is 0 Å². The molecule has 154 valence electrons. The van der Waals surface area contributed by atoms with E-state index < -0.39 is 0 Å². The lowest BCUT2D eigenvalue weighted by molar-refractivity contribution is -0.121. The Kier molecular flexibility index (Phi) is 5.79. The molecule has 0 saturated carbocycles. The monoisotopic (exact) mass is 404 g/mol. The quantitative estimate of drug-likeness (QED) is 0.681. The van der Waals surface area contributed by atoms with Crippen LogP contribution in [0.5, 0.6) is 5.75 Å². The van der Waals surface area contributed by atoms with E-state index in [4.69, 9.17) is 4.74 Å². The Bertz CT molecular complexity index is 1020. The van der Waals surface area contributed by atoms with Crippen molar-refractivity contribution in [2.24, 2.45) is 5.92 Å². The molecule has 2 heterocycles. The molecule has 1 aliphatic heterocycles. The highest BCUT2D eigenvalue weighted by molar-refractivity contribution is 5.97. The van der Waals surface area contributed by atoms with Gasteiger partial charge in [0.25, 0.3) is 5.91 Å². The standard InChI is InChI=1S/C23H24N4O3/c1-30-19-6-4-5-17(13-19)20-7-2-3-8-21(20)26-22(28)16-9-11-27(12-10-16)23(29)18-14-24-25-15-18/h2-8,13-16H,9-12H2,1H3,(H,24,25)(H,26,28). The smallest absolute Gasteiger partial charge is 0.257 e. The molecule has 1 fully saturated rings. The third-order valence-electron chi connectivity index (χ3n) is 5.46. The van der Waals surface area contributed by atoms with Crippen LogP contribution in [0.25, 0.3) is 11.1 Å². The molecule has 3 aromatic rings. The normalized spacial score (nSPS) is 14.4. The average molecular weight is 404 g/mol. The highest BCUT2D eigenvalue weighted by atomic mass is 16.5. The van der Waals surface area contributed by atoms with Crippen molar-refractivity contribution in [1.82, 2.24) is 15.1 Å². The number of nitrogens with one attached hydrogen (secondary N) is 2. The molecule has 7 heteroatoms. The Morgan fingerprint density at radius 2 is 1.93 bits per heavy atom. The number of benzene rings is 2. The van der Waals surface area contributed by atoms with Gasteiger partial charge < -0.3 is 15.0 Å². The molecular weight excluding hydrogens is 380 g/mol. The Balaban J connectivity index is 1.42. The maximum Gasteiger partial charge on any atom is 0.257 e. The van der Waals surface area contributed by atoms with Crippen molar-refractivity contribution in [3.63, 3.8) is 0 Å². The van der Waals surface area contributed by atoms with E-state index in [1.54, 1.807) is 18.2 Å². The van der Waals surface area contributed by atoms with Gasteiger partial charge in [0.05, 0.1) is 18.9 Å². The van der Waals surface area contributed by atoms with Crippen LogP contribution in [0.2, 0.25) is 0 Å². The minimum absolute atomic E-state index is 0.0132. The number of para-hydroxylation sites is 1. The number of nitrogens with zero attached hydrogens (tertiary/aromatic N) is 2. The summed E-state index contributed by atoms with van der Waals surface area (Å²) < 4.78 is 5.32. The number of H-pyrrole nitrogens is 1. The van der Waals surface area contributed by atoms with Crippen LogP contribution in [-0.4, -0.2) is 47.1 Å². The first-order chi connectivity index (χ1) is 14.7. The number of anilines is 1. The Morgan fingerprint density at radius 1 is 1.13 bits per heavy atom. The predicted molar refractivity (Wildman–Crippen MR) is 114 cm³/mol. The largest absolute Gasteiger partial charge is 0.497 e. The number of aromatic nitrogens is 2. The third kappa shape index (κ3) is 4.20. The van der Waals surface area contributed by atoms with Crippen LogP contribution < -0.4 is 10.1 Å². The summed E-state index contributed by atoms with van der Waals surface area (Å²) in [5, 5.41) is 9.58. The lowest BCUT2D eigenvalue weighted by Crippen LogP contribution is -2.41. The molecule has 2 aromatic carbocycles. The van der Waals surface area contributed by atoms with Crippen molar-refractivity contribution < 1.29 is 14.3 Å². The summed E-state index contributed by atoms with van der Waals surface area (Å²) in [4.78, 5) is 27.1. The van der Waals surface area contributed by atoms with Gasteiger partial charge in [-0.25, -0.2) is 0 Å². The van der Waals surface area contributed by atoms with Crippen LogP contribution in [0.1, 0.15) is 23.2 Å². The minimum Gasteiger partial charge on any atom is -0.497 e. The minimum atomic E-state index is -0.128. The molecule has 0 aliphatic carbocycles. The van der Waals surface area contributed by atoms with Crippen LogP contribution in [0.15, 0.2) is 60.9 Å². The Morgan fingerprint density at radius 3 is 2.67 bits per heavy atom. The molecule has 4 rings (SSSR count). The first kappa shape index (κ1) is 19.7. The number of hydrogen-bond acceptors (Lipinski definition) is 4. The highest BCUT2D eigenvalue weighted by Crippen LogP contribution is 2.31. The molecule has 0 unspecified atom stereocenters. The lowest BCUT2D eigenvalue weighted by Gasteiger charge is -2.31. The molecule has 1 aliphatic rings. The topological polar surface area (TPSA) is 87.3 Å². The van der Waals surface area contributed by atoms with Crippen molar-refractivity contribution in [2.75, 3.05) is 25.5 Å². The zero-order valence-electron chi connectivity index (χ0n) is 16.8. The summed E-state index contributed by atoms with van der Waals surface area (Å²) >= 11 is 0. The van der Waals surface area contributed by atoms with Crippen LogP contribution in [0, 0.1) is 5.92 Å². The van der Waals surface area contributed by atoms with Gasteiger partial charge in [-0.15, -0.1) is 0 Å². The van der Waals surface area contributed by atoms with E-state index in [0.717, 1.165) is 22.6 Å². The molecule has 2 amide bonds. The molecular formula is C23H24N4O3. The van der Waals surface area contributed by atoms with E-state index in [2.05, 4.69) is 15.5 Å². The zero-order chi connectivity index (χ0) is 20.9. The molecule has 0 spiro atoms. The number of likely N-dealkylation sites (tertiary alicyclic amines) is 1. The van der Waals surface area contributed by atoms with Crippen molar-refractivity contribution in [3.05, 3.63) is 66.5 Å². The van der Waals surface area contributed by atoms with Gasteiger partial charge in [0, 0.05) is 36.5 Å². The van der Waals surface area contributed by atoms with Gasteiger partial charge in [0.1, 0.15) is 5.75 Å². The van der Waals surface area contributed by atoms with Crippen molar-refractivity contribution in [3.8, 4) is 16.9 Å². The number of aromatic amines is 1. The highest BCUT2D eigenvalue weighted by Gasteiger charge is 2.28. The number of carbonyl (C=O) groups is 2. The van der Waals surface area contributed by atoms with Crippen LogP contribution in [0.3, 0.4) is 0 Å². The number of amides is 2. The number of methoxy groups -OCH3 is 1. The number of ether oxygens (including phenoxy) is 1. The molecule has 7 nitrogen and oxygen atoms in total. The lowest BCUT2D eigenvalue weighted by atomic mass is 9.95. The predicted octanol–water partition coefficient (Wildman–Crippen LogP) is 3.58. The third-order valence-corrected chi connectivity index (χ3v) is 5.46. The van der Waals surface area contributed by atoms with E-state index >= 15 is 0 Å². The van der Waals surface area contributed by atoms with Gasteiger partial charge in [-0.05, 0) is 36.6 Å². The van der Waals surface area contributed by atoms with Crippen molar-refractivity contribution in [1.29, 1.82) is 0 Å². The molecule has 1 aromatic heterocycles. The van der Waals surface area contributed by atoms with Gasteiger partial charge in [-0.1, -0.05) is 30.3 Å². The fourth-order valence-corrected chi connectivity index (χ4v) is 3.76. The summed E-state index contributed by atoms with van der Waals surface area (Å²) in [5.74, 6) is 0.576. The SMILES string of the molecule is COc1cccc(-c2ccccc2NC(=O)C2CCN(C(=O)c3cn[nH]c3)CC2)c1. The van der Waals surface area contributed by atoms with E-state index in [1.807, 2.05) is 48.5 Å². The molecule has 30 heavy (non-hydrogen) atoms. The summed E-state index contributed by atoms with van der Waals surface area (Å²) in [6.07, 6.45) is 4.39.